The van der Waals surface area contributed by atoms with Crippen LogP contribution in [0.3, 0.4) is 0 Å². The van der Waals surface area contributed by atoms with E-state index in [9.17, 15) is 0 Å². The monoisotopic (exact) mass is 372 g/mol. The molecule has 0 unspecified atom stereocenters. The van der Waals surface area contributed by atoms with Crippen LogP contribution in [-0.2, 0) is 13.1 Å². The molecule has 0 aliphatic carbocycles. The smallest absolute Gasteiger partial charge is 0.226 e. The first kappa shape index (κ1) is 15.8. The fourth-order valence-corrected chi connectivity index (χ4v) is 2.55. The topological polar surface area (TPSA) is 47.3 Å². The molecule has 0 fully saturated rings. The van der Waals surface area contributed by atoms with Crippen molar-refractivity contribution in [1.29, 1.82) is 0 Å². The summed E-state index contributed by atoms with van der Waals surface area (Å²) < 4.78 is 11.9. The quantitative estimate of drug-likeness (QED) is 0.696. The fourth-order valence-electron chi connectivity index (χ4n) is 2.29. The number of rotatable bonds is 6. The SMILES string of the molecule is COc1ccccc1CNCc1coc(-c2ccc(Br)cc2)n1. The molecule has 0 radical (unpaired) electrons. The van der Waals surface area contributed by atoms with Gasteiger partial charge in [-0.1, -0.05) is 34.1 Å². The van der Waals surface area contributed by atoms with Crippen molar-refractivity contribution in [3.63, 3.8) is 0 Å². The molecule has 1 aromatic heterocycles. The van der Waals surface area contributed by atoms with Gasteiger partial charge in [-0.15, -0.1) is 0 Å². The average Bonchev–Trinajstić information content (AvgIpc) is 3.05. The van der Waals surface area contributed by atoms with Gasteiger partial charge < -0.3 is 14.5 Å². The molecule has 3 aromatic rings. The largest absolute Gasteiger partial charge is 0.496 e. The predicted octanol–water partition coefficient (Wildman–Crippen LogP) is 4.40. The zero-order valence-electron chi connectivity index (χ0n) is 12.8. The molecule has 0 spiro atoms. The number of benzene rings is 2. The van der Waals surface area contributed by atoms with Gasteiger partial charge in [-0.05, 0) is 30.3 Å². The molecule has 0 atom stereocenters. The van der Waals surface area contributed by atoms with Gasteiger partial charge >= 0.3 is 0 Å². The first-order chi connectivity index (χ1) is 11.3. The number of para-hydroxylation sites is 1. The number of nitrogens with one attached hydrogen (secondary N) is 1. The molecule has 1 N–H and O–H groups in total. The lowest BCUT2D eigenvalue weighted by atomic mass is 10.2. The van der Waals surface area contributed by atoms with Gasteiger partial charge in [0.2, 0.25) is 5.89 Å². The highest BCUT2D eigenvalue weighted by molar-refractivity contribution is 9.10. The molecule has 3 rings (SSSR count). The highest BCUT2D eigenvalue weighted by Crippen LogP contribution is 2.21. The fraction of sp³-hybridized carbons (Fsp3) is 0.167. The molecule has 1 heterocycles. The second-order valence-electron chi connectivity index (χ2n) is 5.07. The lowest BCUT2D eigenvalue weighted by molar-refractivity contribution is 0.407. The van der Waals surface area contributed by atoms with Crippen LogP contribution in [0.4, 0.5) is 0 Å². The predicted molar refractivity (Wildman–Crippen MR) is 93.2 cm³/mol. The number of methoxy groups -OCH3 is 1. The van der Waals surface area contributed by atoms with Crippen molar-refractivity contribution in [1.82, 2.24) is 10.3 Å². The lowest BCUT2D eigenvalue weighted by Gasteiger charge is -2.08. The van der Waals surface area contributed by atoms with Crippen molar-refractivity contribution >= 4 is 15.9 Å². The Hall–Kier alpha value is -2.11. The Morgan fingerprint density at radius 3 is 2.65 bits per heavy atom. The number of aromatic nitrogens is 1. The van der Waals surface area contributed by atoms with E-state index in [-0.39, 0.29) is 0 Å². The van der Waals surface area contributed by atoms with E-state index >= 15 is 0 Å². The maximum Gasteiger partial charge on any atom is 0.226 e. The van der Waals surface area contributed by atoms with Gasteiger partial charge in [0, 0.05) is 28.7 Å². The van der Waals surface area contributed by atoms with Crippen molar-refractivity contribution in [3.8, 4) is 17.2 Å². The molecule has 23 heavy (non-hydrogen) atoms. The van der Waals surface area contributed by atoms with Gasteiger partial charge in [0.15, 0.2) is 0 Å². The summed E-state index contributed by atoms with van der Waals surface area (Å²) in [7, 11) is 1.68. The van der Waals surface area contributed by atoms with Crippen molar-refractivity contribution in [2.24, 2.45) is 0 Å². The molecule has 0 amide bonds. The van der Waals surface area contributed by atoms with Gasteiger partial charge in [0.1, 0.15) is 12.0 Å². The Bertz CT molecular complexity index is 769. The molecule has 2 aromatic carbocycles. The zero-order valence-corrected chi connectivity index (χ0v) is 14.3. The minimum Gasteiger partial charge on any atom is -0.496 e. The lowest BCUT2D eigenvalue weighted by Crippen LogP contribution is -2.13. The van der Waals surface area contributed by atoms with Gasteiger partial charge in [-0.25, -0.2) is 4.98 Å². The number of nitrogens with zero attached hydrogens (tertiary/aromatic N) is 1. The van der Waals surface area contributed by atoms with Crippen molar-refractivity contribution in [2.75, 3.05) is 7.11 Å². The molecule has 5 heteroatoms. The Labute approximate surface area is 143 Å². The average molecular weight is 373 g/mol. The van der Waals surface area contributed by atoms with Crippen LogP contribution in [0.25, 0.3) is 11.5 Å². The molecule has 4 nitrogen and oxygen atoms in total. The summed E-state index contributed by atoms with van der Waals surface area (Å²) in [5, 5.41) is 3.36. The van der Waals surface area contributed by atoms with E-state index < -0.39 is 0 Å². The van der Waals surface area contributed by atoms with E-state index in [0.29, 0.717) is 19.0 Å². The highest BCUT2D eigenvalue weighted by Gasteiger charge is 2.07. The maximum atomic E-state index is 5.55. The number of halogens is 1. The summed E-state index contributed by atoms with van der Waals surface area (Å²) >= 11 is 3.42. The molecule has 118 valence electrons. The number of oxazole rings is 1. The Morgan fingerprint density at radius 2 is 1.87 bits per heavy atom. The number of ether oxygens (including phenoxy) is 1. The minimum absolute atomic E-state index is 0.631. The van der Waals surface area contributed by atoms with E-state index in [1.54, 1.807) is 13.4 Å². The second-order valence-corrected chi connectivity index (χ2v) is 5.98. The first-order valence-electron chi connectivity index (χ1n) is 7.29. The first-order valence-corrected chi connectivity index (χ1v) is 8.08. The van der Waals surface area contributed by atoms with Crippen LogP contribution in [0.1, 0.15) is 11.3 Å². The summed E-state index contributed by atoms with van der Waals surface area (Å²) in [5.41, 5.74) is 2.95. The molecule has 0 saturated carbocycles. The van der Waals surface area contributed by atoms with Crippen LogP contribution >= 0.6 is 15.9 Å². The number of hydrogen-bond donors (Lipinski definition) is 1. The molecular weight excluding hydrogens is 356 g/mol. The van der Waals surface area contributed by atoms with Crippen LogP contribution in [0.15, 0.2) is 63.7 Å². The van der Waals surface area contributed by atoms with E-state index in [4.69, 9.17) is 9.15 Å². The van der Waals surface area contributed by atoms with Crippen LogP contribution < -0.4 is 10.1 Å². The second kappa shape index (κ2) is 7.44. The third kappa shape index (κ3) is 4.00. The summed E-state index contributed by atoms with van der Waals surface area (Å²) in [6.07, 6.45) is 1.69. The van der Waals surface area contributed by atoms with Crippen LogP contribution in [0.2, 0.25) is 0 Å². The molecule has 0 aliphatic heterocycles. The molecular formula is C18H17BrN2O2. The third-order valence-electron chi connectivity index (χ3n) is 3.46. The molecule has 0 saturated heterocycles. The minimum atomic E-state index is 0.631. The van der Waals surface area contributed by atoms with Gasteiger partial charge in [-0.2, -0.15) is 0 Å². The standard InChI is InChI=1S/C18H17BrN2O2/c1-22-17-5-3-2-4-14(17)10-20-11-16-12-23-18(21-16)13-6-8-15(19)9-7-13/h2-9,12,20H,10-11H2,1H3. The summed E-state index contributed by atoms with van der Waals surface area (Å²) in [6.45, 7) is 1.35. The summed E-state index contributed by atoms with van der Waals surface area (Å²) in [4.78, 5) is 4.51. The molecule has 0 bridgehead atoms. The Kier molecular flexibility index (Phi) is 5.10. The van der Waals surface area contributed by atoms with Crippen molar-refractivity contribution < 1.29 is 9.15 Å². The normalized spacial score (nSPS) is 10.7. The third-order valence-corrected chi connectivity index (χ3v) is 3.99. The van der Waals surface area contributed by atoms with E-state index in [2.05, 4.69) is 26.2 Å². The molecule has 0 aliphatic rings. The van der Waals surface area contributed by atoms with Gasteiger partial charge in [0.05, 0.1) is 12.8 Å². The zero-order chi connectivity index (χ0) is 16.1. The van der Waals surface area contributed by atoms with E-state index in [1.165, 1.54) is 0 Å². The van der Waals surface area contributed by atoms with Crippen LogP contribution in [0.5, 0.6) is 5.75 Å². The Balaban J connectivity index is 1.60. The van der Waals surface area contributed by atoms with Crippen LogP contribution in [0, 0.1) is 0 Å². The van der Waals surface area contributed by atoms with Gasteiger partial charge in [-0.3, -0.25) is 0 Å². The Morgan fingerprint density at radius 1 is 1.09 bits per heavy atom. The highest BCUT2D eigenvalue weighted by atomic mass is 79.9. The van der Waals surface area contributed by atoms with Crippen LogP contribution in [-0.4, -0.2) is 12.1 Å². The summed E-state index contributed by atoms with van der Waals surface area (Å²) in [6, 6.07) is 15.9. The van der Waals surface area contributed by atoms with Gasteiger partial charge in [0.25, 0.3) is 0 Å². The van der Waals surface area contributed by atoms with Crippen molar-refractivity contribution in [3.05, 3.63) is 70.5 Å². The number of hydrogen-bond acceptors (Lipinski definition) is 4. The van der Waals surface area contributed by atoms with E-state index in [1.807, 2.05) is 48.5 Å². The summed E-state index contributed by atoms with van der Waals surface area (Å²) in [5.74, 6) is 1.52. The van der Waals surface area contributed by atoms with Crippen molar-refractivity contribution in [2.45, 2.75) is 13.1 Å². The maximum absolute atomic E-state index is 5.55. The van der Waals surface area contributed by atoms with E-state index in [0.717, 1.165) is 27.0 Å².